The van der Waals surface area contributed by atoms with Crippen LogP contribution in [0.1, 0.15) is 30.3 Å². The number of rotatable bonds is 5. The van der Waals surface area contributed by atoms with Crippen LogP contribution < -0.4 is 5.32 Å². The standard InChI is InChI=1S/C15H21N3/c1-4-8-18-9-7-16-15(18)11-17-14-10-12(2)5-6-13(14)3/h5-7,9-10,17H,4,8,11H2,1-3H3. The van der Waals surface area contributed by atoms with Gasteiger partial charge in [0, 0.05) is 24.6 Å². The van der Waals surface area contributed by atoms with Crippen molar-refractivity contribution in [2.24, 2.45) is 0 Å². The monoisotopic (exact) mass is 243 g/mol. The van der Waals surface area contributed by atoms with Crippen molar-refractivity contribution in [3.05, 3.63) is 47.5 Å². The maximum absolute atomic E-state index is 4.40. The van der Waals surface area contributed by atoms with Gasteiger partial charge in [-0.1, -0.05) is 19.1 Å². The lowest BCUT2D eigenvalue weighted by Crippen LogP contribution is -2.09. The number of imidazole rings is 1. The highest BCUT2D eigenvalue weighted by Crippen LogP contribution is 2.17. The van der Waals surface area contributed by atoms with Gasteiger partial charge in [0.15, 0.2) is 0 Å². The minimum Gasteiger partial charge on any atom is -0.378 e. The molecule has 18 heavy (non-hydrogen) atoms. The molecule has 0 aliphatic carbocycles. The third-order valence-electron chi connectivity index (χ3n) is 3.10. The van der Waals surface area contributed by atoms with Gasteiger partial charge in [-0.25, -0.2) is 4.98 Å². The maximum Gasteiger partial charge on any atom is 0.128 e. The Morgan fingerprint density at radius 3 is 2.89 bits per heavy atom. The summed E-state index contributed by atoms with van der Waals surface area (Å²) in [5.74, 6) is 1.10. The van der Waals surface area contributed by atoms with Crippen molar-refractivity contribution in [3.63, 3.8) is 0 Å². The maximum atomic E-state index is 4.40. The smallest absolute Gasteiger partial charge is 0.128 e. The van der Waals surface area contributed by atoms with Gasteiger partial charge < -0.3 is 9.88 Å². The normalized spacial score (nSPS) is 10.6. The lowest BCUT2D eigenvalue weighted by atomic mass is 10.1. The molecule has 0 aliphatic rings. The first-order valence-corrected chi connectivity index (χ1v) is 6.52. The molecule has 1 heterocycles. The Balaban J connectivity index is 2.06. The Morgan fingerprint density at radius 2 is 2.11 bits per heavy atom. The van der Waals surface area contributed by atoms with Gasteiger partial charge in [0.2, 0.25) is 0 Å². The first-order valence-electron chi connectivity index (χ1n) is 6.52. The summed E-state index contributed by atoms with van der Waals surface area (Å²) in [5, 5.41) is 3.47. The molecule has 96 valence electrons. The van der Waals surface area contributed by atoms with E-state index in [0.717, 1.165) is 25.3 Å². The van der Waals surface area contributed by atoms with Crippen LogP contribution in [-0.4, -0.2) is 9.55 Å². The molecular weight excluding hydrogens is 222 g/mol. The summed E-state index contributed by atoms with van der Waals surface area (Å²) in [5.41, 5.74) is 3.75. The SMILES string of the molecule is CCCn1ccnc1CNc1cc(C)ccc1C. The molecule has 2 rings (SSSR count). The molecule has 0 radical (unpaired) electrons. The highest BCUT2D eigenvalue weighted by molar-refractivity contribution is 5.52. The summed E-state index contributed by atoms with van der Waals surface area (Å²) in [6.45, 7) is 8.23. The summed E-state index contributed by atoms with van der Waals surface area (Å²) in [6.07, 6.45) is 5.05. The zero-order chi connectivity index (χ0) is 13.0. The van der Waals surface area contributed by atoms with E-state index in [0.29, 0.717) is 0 Å². The molecule has 0 atom stereocenters. The van der Waals surface area contributed by atoms with Crippen LogP contribution in [0.3, 0.4) is 0 Å². The number of hydrogen-bond acceptors (Lipinski definition) is 2. The van der Waals surface area contributed by atoms with Crippen LogP contribution >= 0.6 is 0 Å². The summed E-state index contributed by atoms with van der Waals surface area (Å²) < 4.78 is 2.21. The first-order chi connectivity index (χ1) is 8.70. The molecule has 1 aromatic carbocycles. The van der Waals surface area contributed by atoms with Crippen LogP contribution in [0, 0.1) is 13.8 Å². The van der Waals surface area contributed by atoms with Crippen LogP contribution in [0.2, 0.25) is 0 Å². The Morgan fingerprint density at radius 1 is 1.28 bits per heavy atom. The largest absolute Gasteiger partial charge is 0.378 e. The molecular formula is C15H21N3. The highest BCUT2D eigenvalue weighted by Gasteiger charge is 2.03. The van der Waals surface area contributed by atoms with Crippen molar-refractivity contribution in [1.82, 2.24) is 9.55 Å². The molecule has 0 fully saturated rings. The first kappa shape index (κ1) is 12.7. The molecule has 0 amide bonds. The second kappa shape index (κ2) is 5.71. The molecule has 2 aromatic rings. The second-order valence-electron chi connectivity index (χ2n) is 4.71. The van der Waals surface area contributed by atoms with Crippen molar-refractivity contribution >= 4 is 5.69 Å². The van der Waals surface area contributed by atoms with E-state index in [1.807, 2.05) is 12.4 Å². The van der Waals surface area contributed by atoms with Gasteiger partial charge in [-0.15, -0.1) is 0 Å². The van der Waals surface area contributed by atoms with Crippen molar-refractivity contribution in [2.75, 3.05) is 5.32 Å². The molecule has 0 aliphatic heterocycles. The van der Waals surface area contributed by atoms with Gasteiger partial charge in [0.1, 0.15) is 5.82 Å². The molecule has 1 N–H and O–H groups in total. The predicted octanol–water partition coefficient (Wildman–Crippen LogP) is 3.52. The predicted molar refractivity (Wildman–Crippen MR) is 75.8 cm³/mol. The number of nitrogens with one attached hydrogen (secondary N) is 1. The third-order valence-corrected chi connectivity index (χ3v) is 3.10. The van der Waals surface area contributed by atoms with E-state index in [4.69, 9.17) is 0 Å². The molecule has 0 bridgehead atoms. The van der Waals surface area contributed by atoms with E-state index >= 15 is 0 Å². The average molecular weight is 243 g/mol. The summed E-state index contributed by atoms with van der Waals surface area (Å²) >= 11 is 0. The highest BCUT2D eigenvalue weighted by atomic mass is 15.1. The number of aromatic nitrogens is 2. The van der Waals surface area contributed by atoms with E-state index in [2.05, 4.69) is 53.8 Å². The van der Waals surface area contributed by atoms with Gasteiger partial charge in [-0.3, -0.25) is 0 Å². The fourth-order valence-electron chi connectivity index (χ4n) is 2.05. The van der Waals surface area contributed by atoms with Crippen LogP contribution in [0.15, 0.2) is 30.6 Å². The summed E-state index contributed by atoms with van der Waals surface area (Å²) in [6, 6.07) is 6.47. The number of benzene rings is 1. The minimum absolute atomic E-state index is 0.775. The lowest BCUT2D eigenvalue weighted by molar-refractivity contribution is 0.644. The quantitative estimate of drug-likeness (QED) is 0.870. The van der Waals surface area contributed by atoms with Gasteiger partial charge >= 0.3 is 0 Å². The Bertz CT molecular complexity index is 514. The van der Waals surface area contributed by atoms with Gasteiger partial charge in [-0.2, -0.15) is 0 Å². The van der Waals surface area contributed by atoms with Crippen LogP contribution in [-0.2, 0) is 13.1 Å². The van der Waals surface area contributed by atoms with Crippen LogP contribution in [0.5, 0.6) is 0 Å². The zero-order valence-corrected chi connectivity index (χ0v) is 11.4. The van der Waals surface area contributed by atoms with Crippen LogP contribution in [0.25, 0.3) is 0 Å². The molecule has 0 unspecified atom stereocenters. The van der Waals surface area contributed by atoms with Crippen molar-refractivity contribution in [1.29, 1.82) is 0 Å². The fraction of sp³-hybridized carbons (Fsp3) is 0.400. The molecule has 3 heteroatoms. The lowest BCUT2D eigenvalue weighted by Gasteiger charge is -2.11. The average Bonchev–Trinajstić information content (AvgIpc) is 2.78. The summed E-state index contributed by atoms with van der Waals surface area (Å²) in [4.78, 5) is 4.40. The van der Waals surface area contributed by atoms with E-state index in [-0.39, 0.29) is 0 Å². The number of nitrogens with zero attached hydrogens (tertiary/aromatic N) is 2. The van der Waals surface area contributed by atoms with E-state index < -0.39 is 0 Å². The van der Waals surface area contributed by atoms with Crippen molar-refractivity contribution in [3.8, 4) is 0 Å². The summed E-state index contributed by atoms with van der Waals surface area (Å²) in [7, 11) is 0. The topological polar surface area (TPSA) is 29.9 Å². The Labute approximate surface area is 109 Å². The Kier molecular flexibility index (Phi) is 4.03. The number of anilines is 1. The van der Waals surface area contributed by atoms with Gasteiger partial charge in [0.25, 0.3) is 0 Å². The second-order valence-corrected chi connectivity index (χ2v) is 4.71. The molecule has 0 saturated carbocycles. The number of aryl methyl sites for hydroxylation is 3. The Hall–Kier alpha value is -1.77. The number of hydrogen-bond donors (Lipinski definition) is 1. The van der Waals surface area contributed by atoms with Crippen molar-refractivity contribution < 1.29 is 0 Å². The third kappa shape index (κ3) is 2.92. The van der Waals surface area contributed by atoms with E-state index in [1.54, 1.807) is 0 Å². The van der Waals surface area contributed by atoms with E-state index in [9.17, 15) is 0 Å². The molecule has 1 aromatic heterocycles. The zero-order valence-electron chi connectivity index (χ0n) is 11.4. The van der Waals surface area contributed by atoms with Crippen LogP contribution in [0.4, 0.5) is 5.69 Å². The fourth-order valence-corrected chi connectivity index (χ4v) is 2.05. The van der Waals surface area contributed by atoms with Gasteiger partial charge in [0.05, 0.1) is 6.54 Å². The van der Waals surface area contributed by atoms with Gasteiger partial charge in [-0.05, 0) is 37.5 Å². The molecule has 0 saturated heterocycles. The molecule has 0 spiro atoms. The minimum atomic E-state index is 0.775. The molecule has 3 nitrogen and oxygen atoms in total. The van der Waals surface area contributed by atoms with E-state index in [1.165, 1.54) is 16.8 Å². The van der Waals surface area contributed by atoms with Crippen molar-refractivity contribution in [2.45, 2.75) is 40.3 Å².